The van der Waals surface area contributed by atoms with Crippen LogP contribution >= 0.6 is 12.4 Å². The fourth-order valence-corrected chi connectivity index (χ4v) is 1.85. The standard InChI is InChI=1S/C14H27N.ClH/c1-6-9-10-11-14(4,5)15(12-7-2)13-8-3;/h7-8H,2-3,6,9-13H2,1,4-5H3;1H. The molecule has 0 spiro atoms. The SMILES string of the molecule is C=CCN(CC=C)C(C)(C)CCCCC.Cl. The quantitative estimate of drug-likeness (QED) is 0.429. The highest BCUT2D eigenvalue weighted by atomic mass is 35.5. The fourth-order valence-electron chi connectivity index (χ4n) is 1.85. The average Bonchev–Trinajstić information content (AvgIpc) is 2.18. The average molecular weight is 246 g/mol. The lowest BCUT2D eigenvalue weighted by Crippen LogP contribution is -2.44. The second kappa shape index (κ2) is 9.92. The van der Waals surface area contributed by atoms with Crippen molar-refractivity contribution in [2.75, 3.05) is 13.1 Å². The van der Waals surface area contributed by atoms with Gasteiger partial charge in [-0.15, -0.1) is 25.6 Å². The molecule has 0 bridgehead atoms. The molecule has 0 N–H and O–H groups in total. The van der Waals surface area contributed by atoms with Crippen LogP contribution in [0.5, 0.6) is 0 Å². The maximum absolute atomic E-state index is 3.82. The second-order valence-electron chi connectivity index (χ2n) is 4.75. The molecule has 0 saturated heterocycles. The fraction of sp³-hybridized carbons (Fsp3) is 0.714. The summed E-state index contributed by atoms with van der Waals surface area (Å²) in [7, 11) is 0. The third-order valence-corrected chi connectivity index (χ3v) is 2.95. The van der Waals surface area contributed by atoms with Gasteiger partial charge in [0, 0.05) is 18.6 Å². The molecule has 1 nitrogen and oxygen atoms in total. The lowest BCUT2D eigenvalue weighted by atomic mass is 9.94. The van der Waals surface area contributed by atoms with Gasteiger partial charge in [0.1, 0.15) is 0 Å². The summed E-state index contributed by atoms with van der Waals surface area (Å²) in [5.41, 5.74) is 0.261. The van der Waals surface area contributed by atoms with E-state index in [0.717, 1.165) is 13.1 Å². The first kappa shape index (κ1) is 18.1. The molecule has 16 heavy (non-hydrogen) atoms. The van der Waals surface area contributed by atoms with Gasteiger partial charge < -0.3 is 0 Å². The number of halogens is 1. The molecule has 2 heteroatoms. The monoisotopic (exact) mass is 245 g/mol. The molecule has 0 heterocycles. The molecule has 0 fully saturated rings. The van der Waals surface area contributed by atoms with E-state index in [9.17, 15) is 0 Å². The largest absolute Gasteiger partial charge is 0.291 e. The molecule has 0 atom stereocenters. The van der Waals surface area contributed by atoms with Crippen molar-refractivity contribution in [2.24, 2.45) is 0 Å². The van der Waals surface area contributed by atoms with Crippen LogP contribution in [0, 0.1) is 0 Å². The molecule has 0 rings (SSSR count). The smallest absolute Gasteiger partial charge is 0.0169 e. The van der Waals surface area contributed by atoms with E-state index in [1.54, 1.807) is 0 Å². The van der Waals surface area contributed by atoms with Gasteiger partial charge in [0.15, 0.2) is 0 Å². The Morgan fingerprint density at radius 3 is 1.94 bits per heavy atom. The minimum absolute atomic E-state index is 0. The van der Waals surface area contributed by atoms with Gasteiger partial charge in [0.05, 0.1) is 0 Å². The van der Waals surface area contributed by atoms with E-state index in [-0.39, 0.29) is 17.9 Å². The van der Waals surface area contributed by atoms with Gasteiger partial charge in [-0.25, -0.2) is 0 Å². The number of nitrogens with zero attached hydrogens (tertiary/aromatic N) is 1. The van der Waals surface area contributed by atoms with Crippen LogP contribution in [0.3, 0.4) is 0 Å². The molecule has 0 saturated carbocycles. The van der Waals surface area contributed by atoms with Crippen LogP contribution in [-0.4, -0.2) is 23.5 Å². The first-order valence-electron chi connectivity index (χ1n) is 6.05. The van der Waals surface area contributed by atoms with Crippen LogP contribution in [-0.2, 0) is 0 Å². The van der Waals surface area contributed by atoms with E-state index >= 15 is 0 Å². The number of rotatable bonds is 9. The molecular weight excluding hydrogens is 218 g/mol. The maximum atomic E-state index is 3.82. The lowest BCUT2D eigenvalue weighted by molar-refractivity contribution is 0.139. The molecule has 0 amide bonds. The van der Waals surface area contributed by atoms with Crippen LogP contribution < -0.4 is 0 Å². The molecular formula is C14H28ClN. The minimum atomic E-state index is 0. The summed E-state index contributed by atoms with van der Waals surface area (Å²) >= 11 is 0. The topological polar surface area (TPSA) is 3.24 Å². The van der Waals surface area contributed by atoms with Crippen molar-refractivity contribution in [3.63, 3.8) is 0 Å². The third kappa shape index (κ3) is 7.08. The van der Waals surface area contributed by atoms with Crippen molar-refractivity contribution >= 4 is 12.4 Å². The zero-order chi connectivity index (χ0) is 11.7. The Kier molecular flexibility index (Phi) is 11.2. The van der Waals surface area contributed by atoms with Crippen LogP contribution in [0.25, 0.3) is 0 Å². The van der Waals surface area contributed by atoms with Crippen LogP contribution in [0.15, 0.2) is 25.3 Å². The summed E-state index contributed by atoms with van der Waals surface area (Å²) in [5, 5.41) is 0. The number of hydrogen-bond acceptors (Lipinski definition) is 1. The van der Waals surface area contributed by atoms with Crippen molar-refractivity contribution in [3.8, 4) is 0 Å². The highest BCUT2D eigenvalue weighted by Crippen LogP contribution is 2.21. The molecule has 0 aromatic carbocycles. The molecule has 0 aliphatic heterocycles. The molecule has 0 aromatic rings. The number of hydrogen-bond donors (Lipinski definition) is 0. The van der Waals surface area contributed by atoms with Crippen LogP contribution in [0.1, 0.15) is 46.5 Å². The predicted octanol–water partition coefficient (Wildman–Crippen LogP) is 4.44. The third-order valence-electron chi connectivity index (χ3n) is 2.95. The maximum Gasteiger partial charge on any atom is 0.0169 e. The van der Waals surface area contributed by atoms with E-state index < -0.39 is 0 Å². The Morgan fingerprint density at radius 2 is 1.56 bits per heavy atom. The summed E-state index contributed by atoms with van der Waals surface area (Å²) < 4.78 is 0. The second-order valence-corrected chi connectivity index (χ2v) is 4.75. The van der Waals surface area contributed by atoms with Crippen LogP contribution in [0.4, 0.5) is 0 Å². The molecule has 96 valence electrons. The van der Waals surface area contributed by atoms with E-state index in [2.05, 4.69) is 38.8 Å². The Hall–Kier alpha value is -0.270. The van der Waals surface area contributed by atoms with Crippen LogP contribution in [0.2, 0.25) is 0 Å². The zero-order valence-electron chi connectivity index (χ0n) is 11.2. The molecule has 0 aliphatic rings. The summed E-state index contributed by atoms with van der Waals surface area (Å²) in [5.74, 6) is 0. The van der Waals surface area contributed by atoms with Gasteiger partial charge in [0.2, 0.25) is 0 Å². The Balaban J connectivity index is 0. The van der Waals surface area contributed by atoms with Gasteiger partial charge in [0.25, 0.3) is 0 Å². The summed E-state index contributed by atoms with van der Waals surface area (Å²) in [4.78, 5) is 2.43. The molecule has 0 unspecified atom stereocenters. The Labute approximate surface area is 108 Å². The normalized spacial score (nSPS) is 11.0. The first-order chi connectivity index (χ1) is 7.08. The first-order valence-corrected chi connectivity index (χ1v) is 6.05. The Morgan fingerprint density at radius 1 is 1.06 bits per heavy atom. The highest BCUT2D eigenvalue weighted by Gasteiger charge is 2.23. The lowest BCUT2D eigenvalue weighted by Gasteiger charge is -2.37. The minimum Gasteiger partial charge on any atom is -0.291 e. The predicted molar refractivity (Wildman–Crippen MR) is 77.4 cm³/mol. The van der Waals surface area contributed by atoms with E-state index in [0.29, 0.717) is 0 Å². The van der Waals surface area contributed by atoms with Crippen molar-refractivity contribution in [1.82, 2.24) is 4.90 Å². The summed E-state index contributed by atoms with van der Waals surface area (Å²) in [6.07, 6.45) is 9.14. The van der Waals surface area contributed by atoms with Crippen molar-refractivity contribution in [3.05, 3.63) is 25.3 Å². The zero-order valence-corrected chi connectivity index (χ0v) is 12.0. The van der Waals surface area contributed by atoms with Gasteiger partial charge in [-0.1, -0.05) is 38.3 Å². The van der Waals surface area contributed by atoms with Crippen molar-refractivity contribution in [1.29, 1.82) is 0 Å². The van der Waals surface area contributed by atoms with Crippen molar-refractivity contribution < 1.29 is 0 Å². The molecule has 0 radical (unpaired) electrons. The Bertz CT molecular complexity index is 177. The van der Waals surface area contributed by atoms with Gasteiger partial charge in [-0.05, 0) is 20.3 Å². The van der Waals surface area contributed by atoms with Gasteiger partial charge >= 0.3 is 0 Å². The molecule has 0 aliphatic carbocycles. The van der Waals surface area contributed by atoms with E-state index in [1.807, 2.05) is 12.2 Å². The number of unbranched alkanes of at least 4 members (excludes halogenated alkanes) is 2. The van der Waals surface area contributed by atoms with Gasteiger partial charge in [-0.2, -0.15) is 0 Å². The van der Waals surface area contributed by atoms with Crippen molar-refractivity contribution in [2.45, 2.75) is 52.0 Å². The molecule has 0 aromatic heterocycles. The van der Waals surface area contributed by atoms with Gasteiger partial charge in [-0.3, -0.25) is 4.90 Å². The summed E-state index contributed by atoms with van der Waals surface area (Å²) in [6.45, 7) is 16.4. The van der Waals surface area contributed by atoms with E-state index in [4.69, 9.17) is 0 Å². The summed E-state index contributed by atoms with van der Waals surface area (Å²) in [6, 6.07) is 0. The highest BCUT2D eigenvalue weighted by molar-refractivity contribution is 5.85. The van der Waals surface area contributed by atoms with E-state index in [1.165, 1.54) is 25.7 Å².